The summed E-state index contributed by atoms with van der Waals surface area (Å²) >= 11 is 0. The summed E-state index contributed by atoms with van der Waals surface area (Å²) in [7, 11) is 0. The molecule has 9 nitrogen and oxygen atoms in total. The Morgan fingerprint density at radius 2 is 1.84 bits per heavy atom. The lowest BCUT2D eigenvalue weighted by molar-refractivity contribution is -0.139. The molecule has 1 aromatic carbocycles. The number of hydrogen-bond acceptors (Lipinski definition) is 5. The predicted octanol–water partition coefficient (Wildman–Crippen LogP) is 1.57. The third kappa shape index (κ3) is 11.4. The number of rotatable bonds is 8. The number of nitrogens with zero attached hydrogens (tertiary/aromatic N) is 1. The van der Waals surface area contributed by atoms with Gasteiger partial charge in [0.2, 0.25) is 0 Å². The number of benzene rings is 1. The molecule has 0 saturated heterocycles. The van der Waals surface area contributed by atoms with Gasteiger partial charge < -0.3 is 27.0 Å². The molecule has 0 heterocycles. The first-order chi connectivity index (χ1) is 14.2. The fourth-order valence-corrected chi connectivity index (χ4v) is 2.05. The predicted molar refractivity (Wildman–Crippen MR) is 108 cm³/mol. The summed E-state index contributed by atoms with van der Waals surface area (Å²) in [5, 5.41) is 19.5. The van der Waals surface area contributed by atoms with Gasteiger partial charge in [0.1, 0.15) is 5.78 Å². The van der Waals surface area contributed by atoms with Gasteiger partial charge in [-0.05, 0) is 31.0 Å². The van der Waals surface area contributed by atoms with Crippen LogP contribution in [0.2, 0.25) is 0 Å². The standard InChI is InChI=1S/C12H13F3N4O2.C7H12O3/c1-6(20)5-18-10(21)7-2-8(12(13,14)15)4-9(3-7)19-11(16)17;1-3-6(8)5(2)4-7(9)10/h2-4H,5H2,1H3,(H,18,21)(H4,16,17,19);3,5-6,8H,1,4H2,2H3,(H,9,10). The molecule has 0 fully saturated rings. The molecule has 2 unspecified atom stereocenters. The average Bonchev–Trinajstić information content (AvgIpc) is 2.63. The van der Waals surface area contributed by atoms with Crippen LogP contribution in [0.5, 0.6) is 0 Å². The van der Waals surface area contributed by atoms with Gasteiger partial charge in [-0.15, -0.1) is 6.58 Å². The van der Waals surface area contributed by atoms with Gasteiger partial charge in [0.25, 0.3) is 5.91 Å². The van der Waals surface area contributed by atoms with Gasteiger partial charge >= 0.3 is 12.1 Å². The van der Waals surface area contributed by atoms with Gasteiger partial charge in [-0.3, -0.25) is 14.4 Å². The number of nitrogens with two attached hydrogens (primary N) is 2. The summed E-state index contributed by atoms with van der Waals surface area (Å²) in [6, 6.07) is 2.45. The summed E-state index contributed by atoms with van der Waals surface area (Å²) in [5.41, 5.74) is 8.64. The monoisotopic (exact) mass is 446 g/mol. The van der Waals surface area contributed by atoms with Crippen molar-refractivity contribution < 1.29 is 37.8 Å². The zero-order chi connectivity index (χ0) is 24.4. The number of carbonyl (C=O) groups is 3. The van der Waals surface area contributed by atoms with Gasteiger partial charge in [0.15, 0.2) is 5.96 Å². The maximum Gasteiger partial charge on any atom is 0.416 e. The third-order valence-electron chi connectivity index (χ3n) is 3.58. The maximum absolute atomic E-state index is 12.8. The number of guanidine groups is 1. The van der Waals surface area contributed by atoms with E-state index in [9.17, 15) is 27.6 Å². The van der Waals surface area contributed by atoms with Crippen LogP contribution in [0.3, 0.4) is 0 Å². The minimum atomic E-state index is -4.66. The highest BCUT2D eigenvalue weighted by molar-refractivity contribution is 5.97. The molecule has 0 radical (unpaired) electrons. The number of aliphatic hydroxyl groups excluding tert-OH is 1. The molecule has 12 heteroatoms. The molecule has 31 heavy (non-hydrogen) atoms. The molecule has 0 bridgehead atoms. The van der Waals surface area contributed by atoms with Crippen molar-refractivity contribution in [2.24, 2.45) is 22.4 Å². The lowest BCUT2D eigenvalue weighted by Gasteiger charge is -2.11. The van der Waals surface area contributed by atoms with E-state index < -0.39 is 35.7 Å². The lowest BCUT2D eigenvalue weighted by Crippen LogP contribution is -2.28. The lowest BCUT2D eigenvalue weighted by atomic mass is 10.0. The van der Waals surface area contributed by atoms with Crippen LogP contribution in [-0.2, 0) is 15.8 Å². The molecule has 7 N–H and O–H groups in total. The molecular weight excluding hydrogens is 421 g/mol. The van der Waals surface area contributed by atoms with Crippen LogP contribution in [0, 0.1) is 5.92 Å². The molecular formula is C19H25F3N4O5. The molecule has 1 amide bonds. The third-order valence-corrected chi connectivity index (χ3v) is 3.58. The van der Waals surface area contributed by atoms with Crippen molar-refractivity contribution in [3.8, 4) is 0 Å². The van der Waals surface area contributed by atoms with E-state index >= 15 is 0 Å². The number of carboxylic acid groups (broad SMARTS) is 1. The van der Waals surface area contributed by atoms with Crippen molar-refractivity contribution in [1.82, 2.24) is 5.32 Å². The number of Topliss-reactive ketones (excluding diaryl/α,β-unsaturated/α-hetero) is 1. The van der Waals surface area contributed by atoms with E-state index in [-0.39, 0.29) is 35.9 Å². The molecule has 0 spiro atoms. The van der Waals surface area contributed by atoms with Crippen LogP contribution in [0.4, 0.5) is 18.9 Å². The Balaban J connectivity index is 0.000000759. The number of nitrogens with one attached hydrogen (secondary N) is 1. The summed E-state index contributed by atoms with van der Waals surface area (Å²) in [6.07, 6.45) is -4.05. The highest BCUT2D eigenvalue weighted by atomic mass is 19.4. The van der Waals surface area contributed by atoms with E-state index in [1.54, 1.807) is 6.92 Å². The number of amides is 1. The van der Waals surface area contributed by atoms with Crippen LogP contribution in [0.15, 0.2) is 35.8 Å². The Hall–Kier alpha value is -3.41. The first kappa shape index (κ1) is 27.6. The van der Waals surface area contributed by atoms with Crippen molar-refractivity contribution in [3.63, 3.8) is 0 Å². The molecule has 0 aliphatic heterocycles. The van der Waals surface area contributed by atoms with Crippen molar-refractivity contribution in [3.05, 3.63) is 42.0 Å². The van der Waals surface area contributed by atoms with Crippen molar-refractivity contribution in [2.45, 2.75) is 32.5 Å². The first-order valence-electron chi connectivity index (χ1n) is 8.79. The van der Waals surface area contributed by atoms with Gasteiger partial charge in [0.05, 0.1) is 30.3 Å². The number of ketones is 1. The molecule has 2 atom stereocenters. The minimum Gasteiger partial charge on any atom is -0.481 e. The van der Waals surface area contributed by atoms with Gasteiger partial charge in [0, 0.05) is 5.56 Å². The minimum absolute atomic E-state index is 0.0206. The number of hydrogen-bond donors (Lipinski definition) is 5. The second kappa shape index (κ2) is 12.3. The van der Waals surface area contributed by atoms with Crippen LogP contribution in [-0.4, -0.2) is 46.5 Å². The quantitative estimate of drug-likeness (QED) is 0.229. The molecule has 0 aliphatic rings. The molecule has 172 valence electrons. The van der Waals surface area contributed by atoms with Crippen LogP contribution < -0.4 is 16.8 Å². The number of alkyl halides is 3. The van der Waals surface area contributed by atoms with Crippen LogP contribution >= 0.6 is 0 Å². The number of halogens is 3. The second-order valence-corrected chi connectivity index (χ2v) is 6.49. The van der Waals surface area contributed by atoms with Gasteiger partial charge in [-0.25, -0.2) is 4.99 Å². The van der Waals surface area contributed by atoms with Crippen molar-refractivity contribution >= 4 is 29.3 Å². The van der Waals surface area contributed by atoms with E-state index in [0.717, 1.165) is 6.07 Å². The average molecular weight is 446 g/mol. The number of carboxylic acids is 1. The van der Waals surface area contributed by atoms with E-state index in [4.69, 9.17) is 21.7 Å². The maximum atomic E-state index is 12.8. The zero-order valence-electron chi connectivity index (χ0n) is 16.9. The Bertz CT molecular complexity index is 836. The zero-order valence-corrected chi connectivity index (χ0v) is 16.9. The Kier molecular flexibility index (Phi) is 11.0. The molecule has 0 saturated carbocycles. The number of aliphatic hydroxyl groups is 1. The number of carbonyl (C=O) groups excluding carboxylic acids is 2. The normalized spacial score (nSPS) is 12.5. The Labute approximate surface area is 176 Å². The highest BCUT2D eigenvalue weighted by Crippen LogP contribution is 2.32. The molecule has 1 rings (SSSR count). The van der Waals surface area contributed by atoms with E-state index in [1.807, 2.05) is 0 Å². The van der Waals surface area contributed by atoms with Gasteiger partial charge in [-0.1, -0.05) is 13.0 Å². The summed E-state index contributed by atoms with van der Waals surface area (Å²) in [5.74, 6) is -2.75. The molecule has 0 aliphatic carbocycles. The second-order valence-electron chi connectivity index (χ2n) is 6.49. The van der Waals surface area contributed by atoms with E-state index in [1.165, 1.54) is 13.0 Å². The molecule has 1 aromatic rings. The topological polar surface area (TPSA) is 168 Å². The van der Waals surface area contributed by atoms with Crippen LogP contribution in [0.1, 0.15) is 36.2 Å². The number of aliphatic carboxylic acids is 1. The summed E-state index contributed by atoms with van der Waals surface area (Å²) in [6.45, 7) is 5.96. The van der Waals surface area contributed by atoms with Crippen LogP contribution in [0.25, 0.3) is 0 Å². The van der Waals surface area contributed by atoms with Crippen molar-refractivity contribution in [1.29, 1.82) is 0 Å². The van der Waals surface area contributed by atoms with E-state index in [0.29, 0.717) is 12.1 Å². The van der Waals surface area contributed by atoms with Gasteiger partial charge in [-0.2, -0.15) is 13.2 Å². The van der Waals surface area contributed by atoms with Crippen molar-refractivity contribution in [2.75, 3.05) is 6.54 Å². The summed E-state index contributed by atoms with van der Waals surface area (Å²) < 4.78 is 38.3. The Morgan fingerprint density at radius 1 is 1.26 bits per heavy atom. The summed E-state index contributed by atoms with van der Waals surface area (Å²) in [4.78, 5) is 36.1. The highest BCUT2D eigenvalue weighted by Gasteiger charge is 2.32. The largest absolute Gasteiger partial charge is 0.481 e. The first-order valence-corrected chi connectivity index (χ1v) is 8.79. The SMILES string of the molecule is C=CC(O)C(C)CC(=O)O.CC(=O)CNC(=O)c1cc(N=C(N)N)cc(C(F)(F)F)c1. The smallest absolute Gasteiger partial charge is 0.416 e. The molecule has 0 aromatic heterocycles. The van der Waals surface area contributed by atoms with E-state index in [2.05, 4.69) is 16.9 Å². The number of aliphatic imine (C=N–C) groups is 1. The Morgan fingerprint density at radius 3 is 2.26 bits per heavy atom. The fourth-order valence-electron chi connectivity index (χ4n) is 2.05. The fraction of sp³-hybridized carbons (Fsp3) is 0.368.